The molecule has 2 amide bonds. The second-order valence-electron chi connectivity index (χ2n) is 4.39. The van der Waals surface area contributed by atoms with Crippen molar-refractivity contribution in [3.8, 4) is 0 Å². The molecule has 0 atom stereocenters. The molecule has 0 fully saturated rings. The highest BCUT2D eigenvalue weighted by Gasteiger charge is 2.21. The molecule has 0 radical (unpaired) electrons. The summed E-state index contributed by atoms with van der Waals surface area (Å²) in [6.45, 7) is 0.572. The second-order valence-corrected chi connectivity index (χ2v) is 4.39. The van der Waals surface area contributed by atoms with Crippen LogP contribution in [0.25, 0.3) is 0 Å². The highest BCUT2D eigenvalue weighted by molar-refractivity contribution is 6.39. The van der Waals surface area contributed by atoms with Gasteiger partial charge in [0.05, 0.1) is 0 Å². The van der Waals surface area contributed by atoms with Crippen LogP contribution in [0.1, 0.15) is 18.5 Å². The van der Waals surface area contributed by atoms with Gasteiger partial charge in [0, 0.05) is 44.7 Å². The summed E-state index contributed by atoms with van der Waals surface area (Å²) in [6, 6.07) is 5.71. The van der Waals surface area contributed by atoms with Gasteiger partial charge in [0.25, 0.3) is 5.91 Å². The van der Waals surface area contributed by atoms with Crippen LogP contribution >= 0.6 is 0 Å². The number of pyridine rings is 1. The number of hydrogen-bond donors (Lipinski definition) is 1. The van der Waals surface area contributed by atoms with E-state index in [1.165, 1.54) is 0 Å². The monoisotopic (exact) mass is 260 g/mol. The summed E-state index contributed by atoms with van der Waals surface area (Å²) in [4.78, 5) is 28.8. The zero-order valence-electron chi connectivity index (χ0n) is 10.8. The van der Waals surface area contributed by atoms with Gasteiger partial charge in [-0.05, 0) is 12.1 Å². The molecule has 1 aromatic rings. The topological polar surface area (TPSA) is 74.7 Å². The molecule has 0 aliphatic carbocycles. The Kier molecular flexibility index (Phi) is 4.22. The van der Waals surface area contributed by atoms with Crippen LogP contribution < -0.4 is 5.43 Å². The maximum atomic E-state index is 12.0. The number of hydrazone groups is 1. The Labute approximate surface area is 111 Å². The van der Waals surface area contributed by atoms with Crippen LogP contribution in [0.5, 0.6) is 0 Å². The lowest BCUT2D eigenvalue weighted by Crippen LogP contribution is -2.39. The number of hydrogen-bond acceptors (Lipinski definition) is 4. The minimum atomic E-state index is -0.146. The summed E-state index contributed by atoms with van der Waals surface area (Å²) in [6.07, 6.45) is 3.15. The third-order valence-electron chi connectivity index (χ3n) is 2.93. The number of aromatic nitrogens is 1. The van der Waals surface area contributed by atoms with Crippen LogP contribution in [0.3, 0.4) is 0 Å². The molecule has 2 rings (SSSR count). The van der Waals surface area contributed by atoms with Gasteiger partial charge in [-0.25, -0.2) is 5.43 Å². The van der Waals surface area contributed by atoms with Crippen LogP contribution in [-0.2, 0) is 16.0 Å². The van der Waals surface area contributed by atoms with Crippen molar-refractivity contribution >= 4 is 17.5 Å². The van der Waals surface area contributed by atoms with Crippen LogP contribution in [0.15, 0.2) is 29.5 Å². The van der Waals surface area contributed by atoms with Gasteiger partial charge in [0.2, 0.25) is 5.91 Å². The predicted octanol–water partition coefficient (Wildman–Crippen LogP) is 0.348. The zero-order valence-corrected chi connectivity index (χ0v) is 10.8. The summed E-state index contributed by atoms with van der Waals surface area (Å²) in [5, 5.41) is 3.80. The maximum absolute atomic E-state index is 12.0. The van der Waals surface area contributed by atoms with Gasteiger partial charge in [-0.3, -0.25) is 14.6 Å². The molecule has 0 aromatic carbocycles. The lowest BCUT2D eigenvalue weighted by atomic mass is 10.1. The molecule has 1 aliphatic heterocycles. The lowest BCUT2D eigenvalue weighted by molar-refractivity contribution is -0.123. The van der Waals surface area contributed by atoms with Crippen LogP contribution in [0.4, 0.5) is 0 Å². The van der Waals surface area contributed by atoms with Gasteiger partial charge >= 0.3 is 0 Å². The molecule has 0 saturated carbocycles. The van der Waals surface area contributed by atoms with Crippen molar-refractivity contribution in [1.82, 2.24) is 15.3 Å². The van der Waals surface area contributed by atoms with Gasteiger partial charge in [-0.2, -0.15) is 5.10 Å². The molecular weight excluding hydrogens is 244 g/mol. The van der Waals surface area contributed by atoms with Crippen molar-refractivity contribution in [2.75, 3.05) is 13.6 Å². The van der Waals surface area contributed by atoms with Gasteiger partial charge in [-0.15, -0.1) is 0 Å². The van der Waals surface area contributed by atoms with Crippen molar-refractivity contribution in [2.45, 2.75) is 19.3 Å². The van der Waals surface area contributed by atoms with Gasteiger partial charge in [0.15, 0.2) is 0 Å². The number of likely N-dealkylation sites (N-methyl/N-ethyl adjacent to an activating group) is 1. The number of nitrogens with one attached hydrogen (secondary N) is 1. The van der Waals surface area contributed by atoms with E-state index in [2.05, 4.69) is 15.5 Å². The number of carbonyl (C=O) groups is 2. The first-order chi connectivity index (χ1) is 9.16. The smallest absolute Gasteiger partial charge is 0.269 e. The average molecular weight is 260 g/mol. The molecule has 1 N–H and O–H groups in total. The lowest BCUT2D eigenvalue weighted by Gasteiger charge is -2.19. The molecule has 0 saturated heterocycles. The van der Waals surface area contributed by atoms with E-state index in [4.69, 9.17) is 0 Å². The Bertz CT molecular complexity index is 499. The van der Waals surface area contributed by atoms with E-state index in [0.29, 0.717) is 31.5 Å². The quantitative estimate of drug-likeness (QED) is 0.848. The van der Waals surface area contributed by atoms with Crippen LogP contribution in [-0.4, -0.2) is 41.0 Å². The minimum Gasteiger partial charge on any atom is -0.340 e. The Morgan fingerprint density at radius 1 is 1.42 bits per heavy atom. The molecule has 1 aliphatic rings. The highest BCUT2D eigenvalue weighted by Crippen LogP contribution is 2.04. The molecule has 0 unspecified atom stereocenters. The Hall–Kier alpha value is -2.24. The van der Waals surface area contributed by atoms with Gasteiger partial charge in [0.1, 0.15) is 5.71 Å². The van der Waals surface area contributed by atoms with Gasteiger partial charge < -0.3 is 4.90 Å². The van der Waals surface area contributed by atoms with Crippen molar-refractivity contribution in [3.63, 3.8) is 0 Å². The van der Waals surface area contributed by atoms with Gasteiger partial charge in [-0.1, -0.05) is 6.07 Å². The van der Waals surface area contributed by atoms with Crippen LogP contribution in [0.2, 0.25) is 0 Å². The molecule has 0 bridgehead atoms. The normalized spacial score (nSPS) is 14.6. The Morgan fingerprint density at radius 2 is 2.26 bits per heavy atom. The highest BCUT2D eigenvalue weighted by atomic mass is 16.2. The fraction of sp³-hybridized carbons (Fsp3) is 0.385. The zero-order chi connectivity index (χ0) is 13.7. The SMILES string of the molecule is CN(CCc1ccccn1)C(=O)C1=NNC(=O)CC1. The van der Waals surface area contributed by atoms with Crippen molar-refractivity contribution < 1.29 is 9.59 Å². The number of carbonyl (C=O) groups excluding carboxylic acids is 2. The first-order valence-corrected chi connectivity index (χ1v) is 6.17. The molecule has 6 nitrogen and oxygen atoms in total. The summed E-state index contributed by atoms with van der Waals surface area (Å²) in [7, 11) is 1.73. The van der Waals surface area contributed by atoms with E-state index < -0.39 is 0 Å². The van der Waals surface area contributed by atoms with Crippen molar-refractivity contribution in [3.05, 3.63) is 30.1 Å². The molecule has 6 heteroatoms. The molecule has 100 valence electrons. The summed E-state index contributed by atoms with van der Waals surface area (Å²) < 4.78 is 0. The fourth-order valence-electron chi connectivity index (χ4n) is 1.78. The van der Waals surface area contributed by atoms with Crippen molar-refractivity contribution in [1.29, 1.82) is 0 Å². The Morgan fingerprint density at radius 3 is 2.89 bits per heavy atom. The third kappa shape index (κ3) is 3.61. The van der Waals surface area contributed by atoms with Crippen LogP contribution in [0, 0.1) is 0 Å². The molecule has 1 aromatic heterocycles. The van der Waals surface area contributed by atoms with E-state index in [0.717, 1.165) is 5.69 Å². The van der Waals surface area contributed by atoms with Crippen molar-refractivity contribution in [2.24, 2.45) is 5.10 Å². The predicted molar refractivity (Wildman–Crippen MR) is 70.4 cm³/mol. The minimum absolute atomic E-state index is 0.143. The van der Waals surface area contributed by atoms with E-state index in [-0.39, 0.29) is 11.8 Å². The standard InChI is InChI=1S/C13H16N4O2/c1-17(9-7-10-4-2-3-8-14-10)13(19)11-5-6-12(18)16-15-11/h2-4,8H,5-7,9H2,1H3,(H,16,18). The molecule has 0 spiro atoms. The summed E-state index contributed by atoms with van der Waals surface area (Å²) in [5.41, 5.74) is 3.68. The molecular formula is C13H16N4O2. The molecule has 2 heterocycles. The number of rotatable bonds is 4. The number of amides is 2. The fourth-order valence-corrected chi connectivity index (χ4v) is 1.78. The van der Waals surface area contributed by atoms with E-state index in [1.807, 2.05) is 18.2 Å². The molecule has 19 heavy (non-hydrogen) atoms. The first kappa shape index (κ1) is 13.2. The summed E-state index contributed by atoms with van der Waals surface area (Å²) in [5.74, 6) is -0.288. The first-order valence-electron chi connectivity index (χ1n) is 6.17. The second kappa shape index (κ2) is 6.08. The average Bonchev–Trinajstić information content (AvgIpc) is 2.46. The van der Waals surface area contributed by atoms with E-state index >= 15 is 0 Å². The third-order valence-corrected chi connectivity index (χ3v) is 2.93. The Balaban J connectivity index is 1.88. The largest absolute Gasteiger partial charge is 0.340 e. The maximum Gasteiger partial charge on any atom is 0.269 e. The van der Waals surface area contributed by atoms with E-state index in [1.54, 1.807) is 18.1 Å². The van der Waals surface area contributed by atoms with E-state index in [9.17, 15) is 9.59 Å². The summed E-state index contributed by atoms with van der Waals surface area (Å²) >= 11 is 0. The number of nitrogens with zero attached hydrogens (tertiary/aromatic N) is 3.